The zero-order chi connectivity index (χ0) is 13.6. The third-order valence-electron chi connectivity index (χ3n) is 3.50. The summed E-state index contributed by atoms with van der Waals surface area (Å²) in [5, 5.41) is 0. The van der Waals surface area contributed by atoms with Gasteiger partial charge in [-0.15, -0.1) is 0 Å². The molecule has 2 aromatic heterocycles. The Labute approximate surface area is 112 Å². The minimum absolute atomic E-state index is 0.814. The summed E-state index contributed by atoms with van der Waals surface area (Å²) in [6.07, 6.45) is 4.06. The van der Waals surface area contributed by atoms with Gasteiger partial charge in [-0.2, -0.15) is 4.57 Å². The van der Waals surface area contributed by atoms with Crippen LogP contribution in [0.5, 0.6) is 0 Å². The molecule has 96 valence electrons. The first-order valence-electron chi connectivity index (χ1n) is 6.30. The van der Waals surface area contributed by atoms with E-state index in [-0.39, 0.29) is 0 Å². The molecule has 3 rings (SSSR count). The van der Waals surface area contributed by atoms with Crippen molar-refractivity contribution >= 4 is 11.0 Å². The maximum atomic E-state index is 5.93. The van der Waals surface area contributed by atoms with Crippen molar-refractivity contribution < 1.29 is 4.57 Å². The molecule has 4 nitrogen and oxygen atoms in total. The highest BCUT2D eigenvalue weighted by Gasteiger charge is 2.16. The largest absolute Gasteiger partial charge is 0.337 e. The molecule has 0 saturated heterocycles. The summed E-state index contributed by atoms with van der Waals surface area (Å²) in [6, 6.07) is 8.31. The topological polar surface area (TPSA) is 47.7 Å². The number of nitrogens with two attached hydrogens (primary N) is 1. The molecule has 0 saturated carbocycles. The molecule has 0 aliphatic heterocycles. The molecule has 2 N–H and O–H groups in total. The monoisotopic (exact) mass is 253 g/mol. The van der Waals surface area contributed by atoms with Crippen LogP contribution in [0.1, 0.15) is 17.0 Å². The average molecular weight is 253 g/mol. The van der Waals surface area contributed by atoms with Crippen LogP contribution in [0.25, 0.3) is 16.7 Å². The van der Waals surface area contributed by atoms with Gasteiger partial charge in [0.1, 0.15) is 11.3 Å². The molecule has 0 atom stereocenters. The van der Waals surface area contributed by atoms with Crippen molar-refractivity contribution in [2.24, 2.45) is 0 Å². The summed E-state index contributed by atoms with van der Waals surface area (Å²) in [6.45, 7) is 6.14. The molecule has 2 heterocycles. The third kappa shape index (κ3) is 1.76. The van der Waals surface area contributed by atoms with E-state index in [4.69, 9.17) is 5.84 Å². The number of pyridine rings is 1. The van der Waals surface area contributed by atoms with Gasteiger partial charge < -0.3 is 5.84 Å². The van der Waals surface area contributed by atoms with Crippen LogP contribution >= 0.6 is 0 Å². The second kappa shape index (κ2) is 4.09. The van der Waals surface area contributed by atoms with E-state index in [2.05, 4.69) is 41.6 Å². The van der Waals surface area contributed by atoms with E-state index in [1.165, 1.54) is 16.8 Å². The molecule has 0 aliphatic carbocycles. The molecule has 0 unspecified atom stereocenters. The number of benzene rings is 1. The van der Waals surface area contributed by atoms with Gasteiger partial charge in [-0.1, -0.05) is 18.2 Å². The lowest BCUT2D eigenvalue weighted by atomic mass is 10.1. The number of nitrogens with zero attached hydrogens (tertiary/aromatic N) is 3. The molecular weight excluding hydrogens is 236 g/mol. The Balaban J connectivity index is 2.26. The maximum absolute atomic E-state index is 5.93. The minimum Gasteiger partial charge on any atom is -0.337 e. The minimum atomic E-state index is 0.814. The lowest BCUT2D eigenvalue weighted by molar-refractivity contribution is -0.595. The summed E-state index contributed by atoms with van der Waals surface area (Å²) < 4.78 is 3.73. The fourth-order valence-electron chi connectivity index (χ4n) is 2.52. The highest BCUT2D eigenvalue weighted by atomic mass is 15.3. The van der Waals surface area contributed by atoms with Crippen LogP contribution in [-0.2, 0) is 0 Å². The van der Waals surface area contributed by atoms with Gasteiger partial charge in [-0.25, -0.2) is 9.66 Å². The van der Waals surface area contributed by atoms with Gasteiger partial charge in [-0.3, -0.25) is 0 Å². The third-order valence-corrected chi connectivity index (χ3v) is 3.50. The van der Waals surface area contributed by atoms with Crippen molar-refractivity contribution in [1.29, 1.82) is 0 Å². The Hall–Kier alpha value is -2.36. The molecule has 0 aliphatic rings. The zero-order valence-corrected chi connectivity index (χ0v) is 11.4. The van der Waals surface area contributed by atoms with E-state index in [1.54, 1.807) is 4.68 Å². The van der Waals surface area contributed by atoms with Gasteiger partial charge in [-0.05, 0) is 20.8 Å². The van der Waals surface area contributed by atoms with Crippen LogP contribution in [0.15, 0.2) is 36.7 Å². The van der Waals surface area contributed by atoms with E-state index in [0.29, 0.717) is 0 Å². The van der Waals surface area contributed by atoms with Crippen molar-refractivity contribution in [3.8, 4) is 5.69 Å². The summed E-state index contributed by atoms with van der Waals surface area (Å²) in [5.41, 5.74) is 5.54. The van der Waals surface area contributed by atoms with Crippen LogP contribution in [0.4, 0.5) is 0 Å². The number of para-hydroxylation sites is 1. The Bertz CT molecular complexity index is 751. The molecule has 0 radical (unpaired) electrons. The van der Waals surface area contributed by atoms with E-state index < -0.39 is 0 Å². The Morgan fingerprint density at radius 2 is 1.79 bits per heavy atom. The number of hydrogen-bond donors (Lipinski definition) is 1. The Kier molecular flexibility index (Phi) is 2.52. The first-order valence-corrected chi connectivity index (χ1v) is 6.30. The lowest BCUT2D eigenvalue weighted by Gasteiger charge is -2.03. The van der Waals surface area contributed by atoms with Gasteiger partial charge in [0, 0.05) is 17.2 Å². The summed E-state index contributed by atoms with van der Waals surface area (Å²) >= 11 is 0. The van der Waals surface area contributed by atoms with Gasteiger partial charge in [0.15, 0.2) is 11.7 Å². The Morgan fingerprint density at radius 3 is 2.47 bits per heavy atom. The molecule has 0 fully saturated rings. The summed E-state index contributed by atoms with van der Waals surface area (Å²) in [7, 11) is 0. The van der Waals surface area contributed by atoms with Crippen LogP contribution in [0, 0.1) is 20.8 Å². The maximum Gasteiger partial charge on any atom is 0.216 e. The van der Waals surface area contributed by atoms with E-state index >= 15 is 0 Å². The normalized spacial score (nSPS) is 11.1. The highest BCUT2D eigenvalue weighted by Crippen LogP contribution is 2.15. The quantitative estimate of drug-likeness (QED) is 0.532. The molecule has 0 amide bonds. The van der Waals surface area contributed by atoms with Crippen molar-refractivity contribution in [1.82, 2.24) is 9.66 Å². The van der Waals surface area contributed by atoms with Crippen molar-refractivity contribution in [3.05, 3.63) is 53.6 Å². The van der Waals surface area contributed by atoms with Crippen LogP contribution < -0.4 is 10.4 Å². The molecule has 4 heteroatoms. The van der Waals surface area contributed by atoms with Crippen molar-refractivity contribution in [2.45, 2.75) is 20.8 Å². The number of hydrogen-bond acceptors (Lipinski definition) is 2. The first kappa shape index (κ1) is 11.7. The van der Waals surface area contributed by atoms with E-state index in [1.807, 2.05) is 25.4 Å². The van der Waals surface area contributed by atoms with Gasteiger partial charge in [0.25, 0.3) is 0 Å². The van der Waals surface area contributed by atoms with Crippen LogP contribution in [0.2, 0.25) is 0 Å². The second-order valence-corrected chi connectivity index (χ2v) is 4.89. The first-order chi connectivity index (χ1) is 9.08. The molecule has 0 bridgehead atoms. The average Bonchev–Trinajstić information content (AvgIpc) is 2.65. The number of nitrogen functional groups attached to an aromatic ring is 1. The summed E-state index contributed by atoms with van der Waals surface area (Å²) in [5.74, 6) is 6.75. The molecule has 3 aromatic rings. The van der Waals surface area contributed by atoms with E-state index in [0.717, 1.165) is 16.9 Å². The predicted molar refractivity (Wildman–Crippen MR) is 75.6 cm³/mol. The lowest BCUT2D eigenvalue weighted by Crippen LogP contribution is -2.31. The van der Waals surface area contributed by atoms with Gasteiger partial charge in [0.05, 0.1) is 0 Å². The second-order valence-electron chi connectivity index (χ2n) is 4.89. The SMILES string of the molecule is Cc1cccc(C)c1-[n+]1ccc2c(c1)nc(C)n2N. The van der Waals surface area contributed by atoms with Crippen LogP contribution in [-0.4, -0.2) is 9.66 Å². The van der Waals surface area contributed by atoms with Gasteiger partial charge >= 0.3 is 0 Å². The standard InChI is InChI=1S/C15H17N4/c1-10-5-4-6-11(2)15(10)18-8-7-14-13(9-18)17-12(3)19(14)16/h4-9H,16H2,1-3H3/q+1. The molecular formula is C15H17N4+. The molecule has 1 aromatic carbocycles. The van der Waals surface area contributed by atoms with E-state index in [9.17, 15) is 0 Å². The number of aromatic nitrogens is 3. The van der Waals surface area contributed by atoms with Crippen molar-refractivity contribution in [3.63, 3.8) is 0 Å². The number of rotatable bonds is 1. The predicted octanol–water partition coefficient (Wildman–Crippen LogP) is 1.95. The molecule has 19 heavy (non-hydrogen) atoms. The number of aryl methyl sites for hydroxylation is 3. The van der Waals surface area contributed by atoms with Crippen molar-refractivity contribution in [2.75, 3.05) is 5.84 Å². The fourth-order valence-corrected chi connectivity index (χ4v) is 2.52. The number of imidazole rings is 1. The highest BCUT2D eigenvalue weighted by molar-refractivity contribution is 5.74. The smallest absolute Gasteiger partial charge is 0.216 e. The summed E-state index contributed by atoms with van der Waals surface area (Å²) in [4.78, 5) is 4.48. The fraction of sp³-hybridized carbons (Fsp3) is 0.200. The van der Waals surface area contributed by atoms with Gasteiger partial charge in [0.2, 0.25) is 11.9 Å². The number of fused-ring (bicyclic) bond motifs is 1. The zero-order valence-electron chi connectivity index (χ0n) is 11.4. The Morgan fingerprint density at radius 1 is 1.11 bits per heavy atom. The molecule has 0 spiro atoms. The van der Waals surface area contributed by atoms with Crippen LogP contribution in [0.3, 0.4) is 0 Å².